The molecular weight excluding hydrogens is 679 g/mol. The maximum absolute atomic E-state index is 12.8. The quantitative estimate of drug-likeness (QED) is 0.170. The van der Waals surface area contributed by atoms with Gasteiger partial charge in [-0.2, -0.15) is 5.10 Å². The first-order chi connectivity index (χ1) is 24.2. The molecule has 0 bridgehead atoms. The van der Waals surface area contributed by atoms with E-state index in [1.807, 2.05) is 45.0 Å². The SMILES string of the molecule is CCC(C)n1ncn(-c2ccc(N3CCN(c4ccc(OCC5COC(CN/C=N\C=N)(C6=C(Cl)C=C(Cl)C(C)C6)O5)cc4)CC3)cc2)c1=O. The topological polar surface area (TPSA) is 122 Å². The number of nitrogens with one attached hydrogen (secondary N) is 2. The third-order valence-electron chi connectivity index (χ3n) is 9.54. The molecule has 3 aromatic rings. The Hall–Kier alpha value is -4.10. The lowest BCUT2D eigenvalue weighted by Gasteiger charge is -2.37. The van der Waals surface area contributed by atoms with E-state index in [1.165, 1.54) is 11.0 Å². The highest BCUT2D eigenvalue weighted by molar-refractivity contribution is 6.35. The summed E-state index contributed by atoms with van der Waals surface area (Å²) in [6.07, 6.45) is 6.86. The summed E-state index contributed by atoms with van der Waals surface area (Å²) in [5.74, 6) is -0.273. The van der Waals surface area contributed by atoms with Gasteiger partial charge < -0.3 is 29.3 Å². The lowest BCUT2D eigenvalue weighted by Crippen LogP contribution is -2.46. The number of nitrogens with zero attached hydrogens (tertiary/aromatic N) is 6. The highest BCUT2D eigenvalue weighted by Gasteiger charge is 2.47. The van der Waals surface area contributed by atoms with Crippen molar-refractivity contribution in [3.63, 3.8) is 0 Å². The summed E-state index contributed by atoms with van der Waals surface area (Å²) in [7, 11) is 0. The van der Waals surface area contributed by atoms with E-state index >= 15 is 0 Å². The molecule has 0 amide bonds. The van der Waals surface area contributed by atoms with Gasteiger partial charge in [-0.1, -0.05) is 37.0 Å². The predicted molar refractivity (Wildman–Crippen MR) is 199 cm³/mol. The molecule has 3 heterocycles. The smallest absolute Gasteiger partial charge is 0.350 e. The molecular formula is C36H44Cl2N8O4. The van der Waals surface area contributed by atoms with Gasteiger partial charge in [-0.25, -0.2) is 19.0 Å². The van der Waals surface area contributed by atoms with Crippen LogP contribution in [0.1, 0.15) is 39.7 Å². The van der Waals surface area contributed by atoms with Crippen molar-refractivity contribution < 1.29 is 14.2 Å². The average Bonchev–Trinajstić information content (AvgIpc) is 3.74. The molecule has 4 atom stereocenters. The fraction of sp³-hybridized carbons (Fsp3) is 0.444. The summed E-state index contributed by atoms with van der Waals surface area (Å²) in [6, 6.07) is 16.3. The van der Waals surface area contributed by atoms with Crippen LogP contribution in [0.3, 0.4) is 0 Å². The van der Waals surface area contributed by atoms with Gasteiger partial charge in [0.25, 0.3) is 0 Å². The number of allylic oxidation sites excluding steroid dienone is 3. The van der Waals surface area contributed by atoms with Crippen molar-refractivity contribution in [2.24, 2.45) is 10.9 Å². The van der Waals surface area contributed by atoms with Crippen LogP contribution in [0.4, 0.5) is 11.4 Å². The number of benzene rings is 2. The van der Waals surface area contributed by atoms with E-state index in [4.69, 9.17) is 42.8 Å². The molecule has 0 radical (unpaired) electrons. The second-order valence-corrected chi connectivity index (χ2v) is 13.7. The van der Waals surface area contributed by atoms with Crippen molar-refractivity contribution in [2.45, 2.75) is 51.5 Å². The van der Waals surface area contributed by atoms with Gasteiger partial charge in [0.1, 0.15) is 31.1 Å². The Bertz CT molecular complexity index is 1780. The van der Waals surface area contributed by atoms with Gasteiger partial charge in [0.05, 0.1) is 31.2 Å². The van der Waals surface area contributed by atoms with Crippen LogP contribution in [-0.2, 0) is 9.47 Å². The largest absolute Gasteiger partial charge is 0.491 e. The van der Waals surface area contributed by atoms with E-state index < -0.39 is 5.79 Å². The Morgan fingerprint density at radius 2 is 1.72 bits per heavy atom. The minimum absolute atomic E-state index is 0.0625. The number of ether oxygens (including phenoxy) is 3. The predicted octanol–water partition coefficient (Wildman–Crippen LogP) is 5.70. The zero-order valence-corrected chi connectivity index (χ0v) is 30.1. The Morgan fingerprint density at radius 3 is 2.36 bits per heavy atom. The van der Waals surface area contributed by atoms with E-state index in [2.05, 4.69) is 49.5 Å². The molecule has 1 aliphatic carbocycles. The molecule has 2 aromatic carbocycles. The number of aliphatic imine (C=N–C) groups is 1. The molecule has 4 unspecified atom stereocenters. The number of halogens is 2. The number of anilines is 2. The van der Waals surface area contributed by atoms with Crippen molar-refractivity contribution >= 4 is 47.3 Å². The minimum atomic E-state index is -1.10. The third kappa shape index (κ3) is 7.78. The summed E-state index contributed by atoms with van der Waals surface area (Å²) in [4.78, 5) is 21.3. The van der Waals surface area contributed by atoms with Crippen LogP contribution in [0.15, 0.2) is 86.4 Å². The standard InChI is InChI=1S/C36H44Cl2N8O4/c1-4-26(3)46-35(47)45(24-42-46)29-7-5-27(6-8-29)43-13-15-44(16-14-43)28-9-11-30(12-10-28)48-19-31-20-49-36(50-31,21-40-23-41-22-39)32-17-25(2)33(37)18-34(32)38/h5-12,18,22-26,31H,4,13-17,19-21H2,1-3H3,(H2,39,40,41). The van der Waals surface area contributed by atoms with Gasteiger partial charge >= 0.3 is 5.69 Å². The van der Waals surface area contributed by atoms with Crippen LogP contribution in [-0.4, -0.2) is 84.9 Å². The molecule has 0 spiro atoms. The molecule has 3 aliphatic rings. The molecule has 2 aliphatic heterocycles. The van der Waals surface area contributed by atoms with Crippen molar-refractivity contribution in [1.82, 2.24) is 19.7 Å². The number of hydrogen-bond donors (Lipinski definition) is 2. The van der Waals surface area contributed by atoms with Crippen LogP contribution < -0.4 is 25.5 Å². The molecule has 1 aromatic heterocycles. The van der Waals surface area contributed by atoms with E-state index in [-0.39, 0.29) is 30.3 Å². The molecule has 2 saturated heterocycles. The fourth-order valence-electron chi connectivity index (χ4n) is 6.42. The van der Waals surface area contributed by atoms with Crippen molar-refractivity contribution in [3.8, 4) is 11.4 Å². The second kappa shape index (κ2) is 15.8. The van der Waals surface area contributed by atoms with Gasteiger partial charge in [0, 0.05) is 53.2 Å². The number of rotatable bonds is 13. The maximum atomic E-state index is 12.8. The minimum Gasteiger partial charge on any atom is -0.491 e. The van der Waals surface area contributed by atoms with E-state index in [0.29, 0.717) is 29.7 Å². The average molecular weight is 724 g/mol. The van der Waals surface area contributed by atoms with Crippen LogP contribution in [0.25, 0.3) is 5.69 Å². The molecule has 266 valence electrons. The lowest BCUT2D eigenvalue weighted by molar-refractivity contribution is -0.138. The highest BCUT2D eigenvalue weighted by Crippen LogP contribution is 2.43. The summed E-state index contributed by atoms with van der Waals surface area (Å²) >= 11 is 13.0. The molecule has 0 saturated carbocycles. The van der Waals surface area contributed by atoms with Crippen LogP contribution in [0, 0.1) is 11.3 Å². The summed E-state index contributed by atoms with van der Waals surface area (Å²) in [5.41, 5.74) is 3.78. The molecule has 12 nitrogen and oxygen atoms in total. The Labute approximate surface area is 302 Å². The Kier molecular flexibility index (Phi) is 11.3. The first-order valence-corrected chi connectivity index (χ1v) is 17.8. The summed E-state index contributed by atoms with van der Waals surface area (Å²) in [6.45, 7) is 10.5. The normalized spacial score (nSPS) is 23.3. The first kappa shape index (κ1) is 35.7. The van der Waals surface area contributed by atoms with Gasteiger partial charge in [-0.15, -0.1) is 0 Å². The van der Waals surface area contributed by atoms with Crippen LogP contribution in [0.2, 0.25) is 0 Å². The second-order valence-electron chi connectivity index (χ2n) is 12.8. The number of hydrogen-bond acceptors (Lipinski definition) is 8. The molecule has 6 rings (SSSR count). The molecule has 14 heteroatoms. The molecule has 50 heavy (non-hydrogen) atoms. The van der Waals surface area contributed by atoms with Crippen molar-refractivity contribution in [3.05, 3.63) is 87.1 Å². The third-order valence-corrected chi connectivity index (χ3v) is 10.4. The fourth-order valence-corrected chi connectivity index (χ4v) is 7.00. The summed E-state index contributed by atoms with van der Waals surface area (Å²) in [5, 5.41) is 15.7. The molecule has 2 fully saturated rings. The zero-order chi connectivity index (χ0) is 35.3. The van der Waals surface area contributed by atoms with Crippen LogP contribution in [0.5, 0.6) is 5.75 Å². The highest BCUT2D eigenvalue weighted by atomic mass is 35.5. The monoisotopic (exact) mass is 722 g/mol. The summed E-state index contributed by atoms with van der Waals surface area (Å²) < 4.78 is 22.0. The Morgan fingerprint density at radius 1 is 1.08 bits per heavy atom. The van der Waals surface area contributed by atoms with Gasteiger partial charge in [0.15, 0.2) is 0 Å². The van der Waals surface area contributed by atoms with Gasteiger partial charge in [-0.05, 0) is 80.3 Å². The van der Waals surface area contributed by atoms with Gasteiger partial charge in [0.2, 0.25) is 5.79 Å². The first-order valence-electron chi connectivity index (χ1n) is 17.0. The Balaban J connectivity index is 1.01. The number of piperazine rings is 1. The van der Waals surface area contributed by atoms with E-state index in [9.17, 15) is 4.79 Å². The lowest BCUT2D eigenvalue weighted by atomic mass is 9.89. The van der Waals surface area contributed by atoms with Crippen LogP contribution >= 0.6 is 23.2 Å². The van der Waals surface area contributed by atoms with Crippen molar-refractivity contribution in [2.75, 3.05) is 55.7 Å². The van der Waals surface area contributed by atoms with Gasteiger partial charge in [-0.3, -0.25) is 5.41 Å². The van der Waals surface area contributed by atoms with E-state index in [1.54, 1.807) is 17.0 Å². The van der Waals surface area contributed by atoms with Crippen molar-refractivity contribution in [1.29, 1.82) is 5.41 Å². The maximum Gasteiger partial charge on any atom is 0.350 e. The zero-order valence-electron chi connectivity index (χ0n) is 28.6. The van der Waals surface area contributed by atoms with E-state index in [0.717, 1.165) is 67.3 Å². The molecule has 2 N–H and O–H groups in total. The number of aromatic nitrogens is 3.